The Labute approximate surface area is 84.6 Å². The van der Waals surface area contributed by atoms with Crippen molar-refractivity contribution in [3.63, 3.8) is 0 Å². The van der Waals surface area contributed by atoms with Crippen molar-refractivity contribution in [3.05, 3.63) is 0 Å². The van der Waals surface area contributed by atoms with Crippen LogP contribution in [0, 0.1) is 0 Å². The Morgan fingerprint density at radius 2 is 2.21 bits per heavy atom. The molecule has 0 radical (unpaired) electrons. The summed E-state index contributed by atoms with van der Waals surface area (Å²) in [5, 5.41) is 12.7. The fourth-order valence-corrected chi connectivity index (χ4v) is 1.51. The van der Waals surface area contributed by atoms with Gasteiger partial charge in [0.2, 0.25) is 0 Å². The summed E-state index contributed by atoms with van der Waals surface area (Å²) in [6, 6.07) is -0.134. The summed E-state index contributed by atoms with van der Waals surface area (Å²) >= 11 is 0. The average molecular weight is 201 g/mol. The molecule has 2 N–H and O–H groups in total. The van der Waals surface area contributed by atoms with Gasteiger partial charge in [-0.1, -0.05) is 0 Å². The van der Waals surface area contributed by atoms with Gasteiger partial charge in [0.15, 0.2) is 6.10 Å². The number of hydrogen-bond acceptors (Lipinski definition) is 4. The summed E-state index contributed by atoms with van der Waals surface area (Å²) in [4.78, 5) is 11.4. The van der Waals surface area contributed by atoms with E-state index in [1.54, 1.807) is 20.8 Å². The molecule has 0 spiro atoms. The molecule has 1 heterocycles. The summed E-state index contributed by atoms with van der Waals surface area (Å²) in [5.41, 5.74) is -0.531. The van der Waals surface area contributed by atoms with Crippen LogP contribution in [0.1, 0.15) is 33.6 Å². The summed E-state index contributed by atoms with van der Waals surface area (Å²) < 4.78 is 5.08. The maximum absolute atomic E-state index is 11.4. The smallest absolute Gasteiger partial charge is 0.337 e. The molecule has 0 aromatic carbocycles. The van der Waals surface area contributed by atoms with Gasteiger partial charge in [-0.2, -0.15) is 0 Å². The summed E-state index contributed by atoms with van der Waals surface area (Å²) in [7, 11) is 0. The number of carbonyl (C=O) groups excluding carboxylic acids is 1. The van der Waals surface area contributed by atoms with E-state index >= 15 is 0 Å². The molecule has 0 amide bonds. The first-order chi connectivity index (χ1) is 6.40. The van der Waals surface area contributed by atoms with Crippen LogP contribution in [0.25, 0.3) is 0 Å². The van der Waals surface area contributed by atoms with Crippen LogP contribution >= 0.6 is 0 Å². The van der Waals surface area contributed by atoms with Crippen molar-refractivity contribution in [2.45, 2.75) is 51.4 Å². The zero-order valence-electron chi connectivity index (χ0n) is 9.04. The molecule has 0 saturated carbocycles. The minimum atomic E-state index is -1.03. The predicted octanol–water partition coefficient (Wildman–Crippen LogP) is 0.441. The van der Waals surface area contributed by atoms with Crippen molar-refractivity contribution in [3.8, 4) is 0 Å². The van der Waals surface area contributed by atoms with Crippen LogP contribution in [-0.2, 0) is 9.53 Å². The molecule has 1 aliphatic rings. The highest BCUT2D eigenvalue weighted by Crippen LogP contribution is 2.14. The van der Waals surface area contributed by atoms with E-state index in [0.29, 0.717) is 0 Å². The van der Waals surface area contributed by atoms with Gasteiger partial charge in [-0.25, -0.2) is 4.79 Å². The minimum Gasteiger partial charge on any atom is -0.458 e. The Kier molecular flexibility index (Phi) is 3.50. The van der Waals surface area contributed by atoms with Crippen molar-refractivity contribution >= 4 is 5.97 Å². The number of aliphatic hydroxyl groups is 1. The summed E-state index contributed by atoms with van der Waals surface area (Å²) in [6.45, 7) is 6.24. The van der Waals surface area contributed by atoms with Crippen molar-refractivity contribution in [2.24, 2.45) is 0 Å². The lowest BCUT2D eigenvalue weighted by molar-refractivity contribution is -0.166. The van der Waals surface area contributed by atoms with E-state index < -0.39 is 17.7 Å². The molecule has 2 atom stereocenters. The molecule has 4 nitrogen and oxygen atoms in total. The normalized spacial score (nSPS) is 24.7. The minimum absolute atomic E-state index is 0.134. The molecule has 1 unspecified atom stereocenters. The third-order valence-corrected chi connectivity index (χ3v) is 2.13. The standard InChI is InChI=1S/C10H19NO3/c1-10(2,3)14-9(13)8(12)7-5-4-6-11-7/h7-8,11-12H,4-6H2,1-3H3/t7-,8?/m1/s1. The molecule has 4 heteroatoms. The summed E-state index contributed by atoms with van der Waals surface area (Å²) in [5.74, 6) is -0.531. The predicted molar refractivity (Wildman–Crippen MR) is 52.9 cm³/mol. The van der Waals surface area contributed by atoms with Crippen LogP contribution in [0.5, 0.6) is 0 Å². The lowest BCUT2D eigenvalue weighted by Crippen LogP contribution is -2.43. The first kappa shape index (κ1) is 11.5. The van der Waals surface area contributed by atoms with Crippen molar-refractivity contribution in [1.82, 2.24) is 5.32 Å². The molecule has 1 saturated heterocycles. The van der Waals surface area contributed by atoms with Gasteiger partial charge in [0, 0.05) is 6.04 Å². The zero-order valence-corrected chi connectivity index (χ0v) is 9.04. The van der Waals surface area contributed by atoms with Crippen molar-refractivity contribution < 1.29 is 14.6 Å². The topological polar surface area (TPSA) is 58.6 Å². The maximum Gasteiger partial charge on any atom is 0.337 e. The molecule has 14 heavy (non-hydrogen) atoms. The van der Waals surface area contributed by atoms with Crippen LogP contribution in [0.4, 0.5) is 0 Å². The quantitative estimate of drug-likeness (QED) is 0.636. The maximum atomic E-state index is 11.4. The summed E-state index contributed by atoms with van der Waals surface area (Å²) in [6.07, 6.45) is 0.807. The second kappa shape index (κ2) is 4.28. The highest BCUT2D eigenvalue weighted by molar-refractivity contribution is 5.75. The number of aliphatic hydroxyl groups excluding tert-OH is 1. The van der Waals surface area contributed by atoms with E-state index in [4.69, 9.17) is 4.74 Å². The monoisotopic (exact) mass is 201 g/mol. The fourth-order valence-electron chi connectivity index (χ4n) is 1.51. The van der Waals surface area contributed by atoms with E-state index in [-0.39, 0.29) is 6.04 Å². The second-order valence-corrected chi connectivity index (χ2v) is 4.68. The van der Waals surface area contributed by atoms with Gasteiger partial charge in [-0.15, -0.1) is 0 Å². The Morgan fingerprint density at radius 1 is 1.57 bits per heavy atom. The van der Waals surface area contributed by atoms with Gasteiger partial charge in [-0.3, -0.25) is 0 Å². The molecule has 82 valence electrons. The number of rotatable bonds is 2. The largest absolute Gasteiger partial charge is 0.458 e. The molecular formula is C10H19NO3. The lowest BCUT2D eigenvalue weighted by Gasteiger charge is -2.24. The molecule has 0 aliphatic carbocycles. The number of hydrogen-bond donors (Lipinski definition) is 2. The van der Waals surface area contributed by atoms with Crippen LogP contribution < -0.4 is 5.32 Å². The van der Waals surface area contributed by atoms with Crippen LogP contribution in [0.15, 0.2) is 0 Å². The molecule has 0 aromatic rings. The molecule has 1 aliphatic heterocycles. The molecule has 1 rings (SSSR count). The third-order valence-electron chi connectivity index (χ3n) is 2.13. The van der Waals surface area contributed by atoms with E-state index in [1.165, 1.54) is 0 Å². The molecule has 0 aromatic heterocycles. The van der Waals surface area contributed by atoms with Crippen LogP contribution in [0.3, 0.4) is 0 Å². The molecular weight excluding hydrogens is 182 g/mol. The van der Waals surface area contributed by atoms with Gasteiger partial charge >= 0.3 is 5.97 Å². The Hall–Kier alpha value is -0.610. The highest BCUT2D eigenvalue weighted by Gasteiger charge is 2.31. The SMILES string of the molecule is CC(C)(C)OC(=O)C(O)[C@H]1CCCN1. The van der Waals surface area contributed by atoms with E-state index in [1.807, 2.05) is 0 Å². The van der Waals surface area contributed by atoms with E-state index in [0.717, 1.165) is 19.4 Å². The number of ether oxygens (including phenoxy) is 1. The van der Waals surface area contributed by atoms with Crippen molar-refractivity contribution in [1.29, 1.82) is 0 Å². The van der Waals surface area contributed by atoms with Gasteiger partial charge < -0.3 is 15.2 Å². The Balaban J connectivity index is 2.43. The Morgan fingerprint density at radius 3 is 2.64 bits per heavy atom. The van der Waals surface area contributed by atoms with Gasteiger partial charge in [0.05, 0.1) is 0 Å². The highest BCUT2D eigenvalue weighted by atomic mass is 16.6. The van der Waals surface area contributed by atoms with E-state index in [2.05, 4.69) is 5.32 Å². The van der Waals surface area contributed by atoms with E-state index in [9.17, 15) is 9.90 Å². The second-order valence-electron chi connectivity index (χ2n) is 4.68. The van der Waals surface area contributed by atoms with Gasteiger partial charge in [0.1, 0.15) is 5.60 Å². The number of nitrogens with one attached hydrogen (secondary N) is 1. The van der Waals surface area contributed by atoms with Gasteiger partial charge in [-0.05, 0) is 40.2 Å². The average Bonchev–Trinajstić information content (AvgIpc) is 2.51. The third kappa shape index (κ3) is 3.27. The van der Waals surface area contributed by atoms with Crippen LogP contribution in [0.2, 0.25) is 0 Å². The molecule has 0 bridgehead atoms. The Bertz CT molecular complexity index is 204. The lowest BCUT2D eigenvalue weighted by atomic mass is 10.1. The number of carbonyl (C=O) groups is 1. The zero-order chi connectivity index (χ0) is 10.8. The number of esters is 1. The fraction of sp³-hybridized carbons (Fsp3) is 0.900. The first-order valence-electron chi connectivity index (χ1n) is 5.04. The van der Waals surface area contributed by atoms with Crippen molar-refractivity contribution in [2.75, 3.05) is 6.54 Å². The first-order valence-corrected chi connectivity index (χ1v) is 5.04. The van der Waals surface area contributed by atoms with Gasteiger partial charge in [0.25, 0.3) is 0 Å². The van der Waals surface area contributed by atoms with Crippen LogP contribution in [-0.4, -0.2) is 35.4 Å². The molecule has 1 fully saturated rings.